The molecule has 0 spiro atoms. The first-order valence-corrected chi connectivity index (χ1v) is 7.80. The van der Waals surface area contributed by atoms with E-state index < -0.39 is 0 Å². The molecule has 0 amide bonds. The summed E-state index contributed by atoms with van der Waals surface area (Å²) in [6, 6.07) is 9.18. The van der Waals surface area contributed by atoms with Gasteiger partial charge in [-0.1, -0.05) is 38.1 Å². The zero-order valence-electron chi connectivity index (χ0n) is 12.4. The average Bonchev–Trinajstić information content (AvgIpc) is 2.96. The molecule has 0 aromatic heterocycles. The zero-order chi connectivity index (χ0) is 13.5. The van der Waals surface area contributed by atoms with Crippen LogP contribution < -0.4 is 10.6 Å². The van der Waals surface area contributed by atoms with E-state index in [-0.39, 0.29) is 0 Å². The fraction of sp³-hybridized carbons (Fsp3) is 0.647. The first-order valence-electron chi connectivity index (χ1n) is 7.80. The summed E-state index contributed by atoms with van der Waals surface area (Å²) >= 11 is 0. The zero-order valence-corrected chi connectivity index (χ0v) is 12.4. The summed E-state index contributed by atoms with van der Waals surface area (Å²) in [5, 5.41) is 7.00. The number of nitrogens with one attached hydrogen (secondary N) is 2. The third kappa shape index (κ3) is 4.63. The second kappa shape index (κ2) is 7.66. The van der Waals surface area contributed by atoms with Crippen molar-refractivity contribution in [3.63, 3.8) is 0 Å². The minimum Gasteiger partial charge on any atom is -0.316 e. The molecule has 2 atom stereocenters. The van der Waals surface area contributed by atoms with Crippen molar-refractivity contribution in [3.05, 3.63) is 35.4 Å². The van der Waals surface area contributed by atoms with Gasteiger partial charge in [0.15, 0.2) is 0 Å². The molecule has 2 heteroatoms. The molecular formula is C17H28N2. The average molecular weight is 260 g/mol. The summed E-state index contributed by atoms with van der Waals surface area (Å²) in [5.74, 6) is 1.52. The molecule has 0 saturated carbocycles. The first-order chi connectivity index (χ1) is 9.29. The number of benzene rings is 1. The fourth-order valence-corrected chi connectivity index (χ4v) is 2.68. The number of rotatable bonds is 7. The standard InChI is InChI=1S/C17H28N2/c1-3-14(2)17-6-4-15(5-7-17)8-10-18-12-16-9-11-19-13-16/h4-7,14,16,18-19H,3,8-13H2,1-2H3. The smallest absolute Gasteiger partial charge is 0.000777 e. The minimum absolute atomic E-state index is 0.682. The van der Waals surface area contributed by atoms with Gasteiger partial charge in [-0.15, -0.1) is 0 Å². The quantitative estimate of drug-likeness (QED) is 0.737. The van der Waals surface area contributed by atoms with E-state index in [1.807, 2.05) is 0 Å². The highest BCUT2D eigenvalue weighted by molar-refractivity contribution is 5.25. The molecule has 0 bridgehead atoms. The van der Waals surface area contributed by atoms with Crippen molar-refractivity contribution in [2.75, 3.05) is 26.2 Å². The molecule has 2 nitrogen and oxygen atoms in total. The lowest BCUT2D eigenvalue weighted by Gasteiger charge is -2.11. The van der Waals surface area contributed by atoms with E-state index in [1.54, 1.807) is 0 Å². The summed E-state index contributed by atoms with van der Waals surface area (Å²) < 4.78 is 0. The van der Waals surface area contributed by atoms with Crippen LogP contribution in [0.3, 0.4) is 0 Å². The molecule has 1 aliphatic heterocycles. The highest BCUT2D eigenvalue weighted by Crippen LogP contribution is 2.18. The summed E-state index contributed by atoms with van der Waals surface area (Å²) in [6.45, 7) is 9.20. The maximum atomic E-state index is 3.58. The summed E-state index contributed by atoms with van der Waals surface area (Å²) in [6.07, 6.45) is 3.69. The molecule has 2 unspecified atom stereocenters. The van der Waals surface area contributed by atoms with E-state index in [0.717, 1.165) is 25.4 Å². The molecule has 1 fully saturated rings. The van der Waals surface area contributed by atoms with E-state index in [1.165, 1.54) is 37.1 Å². The predicted octanol–water partition coefficient (Wildman–Crippen LogP) is 2.94. The molecule has 1 saturated heterocycles. The van der Waals surface area contributed by atoms with Crippen LogP contribution in [-0.4, -0.2) is 26.2 Å². The molecule has 106 valence electrons. The van der Waals surface area contributed by atoms with Crippen LogP contribution in [0.15, 0.2) is 24.3 Å². The van der Waals surface area contributed by atoms with Gasteiger partial charge in [-0.2, -0.15) is 0 Å². The van der Waals surface area contributed by atoms with Gasteiger partial charge in [0.25, 0.3) is 0 Å². The van der Waals surface area contributed by atoms with Crippen LogP contribution in [0.4, 0.5) is 0 Å². The van der Waals surface area contributed by atoms with Crippen LogP contribution >= 0.6 is 0 Å². The highest BCUT2D eigenvalue weighted by Gasteiger charge is 2.13. The summed E-state index contributed by atoms with van der Waals surface area (Å²) in [5.41, 5.74) is 2.92. The normalized spacial score (nSPS) is 20.6. The third-order valence-electron chi connectivity index (χ3n) is 4.35. The van der Waals surface area contributed by atoms with Crippen LogP contribution in [0.1, 0.15) is 43.7 Å². The van der Waals surface area contributed by atoms with Gasteiger partial charge in [0.1, 0.15) is 0 Å². The van der Waals surface area contributed by atoms with Crippen molar-refractivity contribution in [1.82, 2.24) is 10.6 Å². The van der Waals surface area contributed by atoms with Crippen molar-refractivity contribution in [3.8, 4) is 0 Å². The molecule has 1 aliphatic rings. The second-order valence-electron chi connectivity index (χ2n) is 5.86. The van der Waals surface area contributed by atoms with E-state index >= 15 is 0 Å². The van der Waals surface area contributed by atoms with Gasteiger partial charge in [-0.3, -0.25) is 0 Å². The Kier molecular flexibility index (Phi) is 5.87. The largest absolute Gasteiger partial charge is 0.316 e. The third-order valence-corrected chi connectivity index (χ3v) is 4.35. The summed E-state index contributed by atoms with van der Waals surface area (Å²) in [7, 11) is 0. The Hall–Kier alpha value is -0.860. The van der Waals surface area contributed by atoms with Crippen molar-refractivity contribution in [2.45, 2.75) is 39.0 Å². The summed E-state index contributed by atoms with van der Waals surface area (Å²) in [4.78, 5) is 0. The van der Waals surface area contributed by atoms with Crippen molar-refractivity contribution in [1.29, 1.82) is 0 Å². The minimum atomic E-state index is 0.682. The predicted molar refractivity (Wildman–Crippen MR) is 82.7 cm³/mol. The van der Waals surface area contributed by atoms with Crippen molar-refractivity contribution >= 4 is 0 Å². The molecule has 1 aromatic carbocycles. The maximum Gasteiger partial charge on any atom is -0.000777 e. The molecule has 1 aromatic rings. The van der Waals surface area contributed by atoms with Gasteiger partial charge in [-0.25, -0.2) is 0 Å². The maximum absolute atomic E-state index is 3.58. The molecule has 19 heavy (non-hydrogen) atoms. The Morgan fingerprint density at radius 1 is 1.32 bits per heavy atom. The molecule has 0 radical (unpaired) electrons. The fourth-order valence-electron chi connectivity index (χ4n) is 2.68. The molecule has 2 N–H and O–H groups in total. The van der Waals surface area contributed by atoms with Gasteiger partial charge in [0.2, 0.25) is 0 Å². The second-order valence-corrected chi connectivity index (χ2v) is 5.86. The van der Waals surface area contributed by atoms with Gasteiger partial charge in [-0.05, 0) is 68.4 Å². The lowest BCUT2D eigenvalue weighted by atomic mass is 9.97. The van der Waals surface area contributed by atoms with Gasteiger partial charge in [0, 0.05) is 0 Å². The van der Waals surface area contributed by atoms with Crippen LogP contribution in [0.25, 0.3) is 0 Å². The van der Waals surface area contributed by atoms with Crippen LogP contribution in [0.5, 0.6) is 0 Å². The van der Waals surface area contributed by atoms with Gasteiger partial charge in [0.05, 0.1) is 0 Å². The van der Waals surface area contributed by atoms with Crippen LogP contribution in [0, 0.1) is 5.92 Å². The first kappa shape index (κ1) is 14.5. The molecular weight excluding hydrogens is 232 g/mol. The molecule has 2 rings (SSSR count). The van der Waals surface area contributed by atoms with E-state index in [4.69, 9.17) is 0 Å². The molecule has 0 aliphatic carbocycles. The van der Waals surface area contributed by atoms with Crippen molar-refractivity contribution in [2.24, 2.45) is 5.92 Å². The topological polar surface area (TPSA) is 24.1 Å². The Morgan fingerprint density at radius 3 is 2.74 bits per heavy atom. The monoisotopic (exact) mass is 260 g/mol. The van der Waals surface area contributed by atoms with E-state index in [0.29, 0.717) is 5.92 Å². The molecule has 1 heterocycles. The number of hydrogen-bond acceptors (Lipinski definition) is 2. The van der Waals surface area contributed by atoms with E-state index in [2.05, 4.69) is 48.7 Å². The van der Waals surface area contributed by atoms with Gasteiger partial charge >= 0.3 is 0 Å². The van der Waals surface area contributed by atoms with Gasteiger partial charge < -0.3 is 10.6 Å². The Balaban J connectivity index is 1.67. The lowest BCUT2D eigenvalue weighted by molar-refractivity contribution is 0.515. The van der Waals surface area contributed by atoms with Crippen molar-refractivity contribution < 1.29 is 0 Å². The SMILES string of the molecule is CCC(C)c1ccc(CCNCC2CCNC2)cc1. The van der Waals surface area contributed by atoms with Crippen LogP contribution in [-0.2, 0) is 6.42 Å². The lowest BCUT2D eigenvalue weighted by Crippen LogP contribution is -2.26. The van der Waals surface area contributed by atoms with Crippen LogP contribution in [0.2, 0.25) is 0 Å². The van der Waals surface area contributed by atoms with E-state index in [9.17, 15) is 0 Å². The Labute approximate surface area is 118 Å². The number of hydrogen-bond donors (Lipinski definition) is 2. The Bertz CT molecular complexity index is 352. The highest BCUT2D eigenvalue weighted by atomic mass is 14.9. The Morgan fingerprint density at radius 2 is 2.11 bits per heavy atom.